The summed E-state index contributed by atoms with van der Waals surface area (Å²) in [4.78, 5) is 149. The molecule has 4 N–H and O–H groups in total. The fraction of sp³-hybridized carbons (Fsp3) is 0.202. The van der Waals surface area contributed by atoms with Crippen LogP contribution in [0.4, 0.5) is 24.5 Å². The Balaban J connectivity index is 0.000000145. The van der Waals surface area contributed by atoms with Crippen molar-refractivity contribution in [1.29, 1.82) is 0 Å². The highest BCUT2D eigenvalue weighted by molar-refractivity contribution is 7.88. The number of anilines is 2. The lowest BCUT2D eigenvalue weighted by Gasteiger charge is -2.18. The number of allylic oxidation sites excluding steroid dienone is 1. The number of carbonyl (C=O) groups is 3. The van der Waals surface area contributed by atoms with E-state index in [1.165, 1.54) is 48.7 Å². The molecule has 126 heavy (non-hydrogen) atoms. The van der Waals surface area contributed by atoms with Crippen LogP contribution < -0.4 is 56.4 Å². The number of aromatic hydroxyl groups is 1. The fourth-order valence-corrected chi connectivity index (χ4v) is 13.8. The molecule has 0 atom stereocenters. The lowest BCUT2D eigenvalue weighted by molar-refractivity contribution is -0.0500. The number of H-pyrrole nitrogens is 1. The highest BCUT2D eigenvalue weighted by atomic mass is 32.2. The van der Waals surface area contributed by atoms with E-state index < -0.39 is 83.9 Å². The van der Waals surface area contributed by atoms with Crippen LogP contribution in [0.25, 0.3) is 61.1 Å². The van der Waals surface area contributed by atoms with Gasteiger partial charge in [-0.25, -0.2) is 54.3 Å². The largest absolute Gasteiger partial charge is 0.534 e. The summed E-state index contributed by atoms with van der Waals surface area (Å²) < 4.78 is 85.4. The number of pyridine rings is 4. The average molecular weight is 1740 g/mol. The number of halogens is 3. The molecule has 15 aromatic rings. The molecule has 1 aliphatic rings. The van der Waals surface area contributed by atoms with Crippen molar-refractivity contribution < 1.29 is 78.8 Å². The normalized spacial score (nSPS) is 11.5. The van der Waals surface area contributed by atoms with Crippen molar-refractivity contribution in [2.24, 2.45) is 0 Å². The molecular weight excluding hydrogens is 1660 g/mol. The first-order valence-corrected chi connectivity index (χ1v) is 40.5. The van der Waals surface area contributed by atoms with Gasteiger partial charge in [-0.05, 0) is 117 Å². The smallest absolute Gasteiger partial charge is 0.506 e. The molecule has 0 aliphatic heterocycles. The number of benzene rings is 6. The first kappa shape index (κ1) is 88.1. The molecule has 0 fully saturated rings. The lowest BCUT2D eigenvalue weighted by Crippen LogP contribution is -2.35. The summed E-state index contributed by atoms with van der Waals surface area (Å²) in [5.41, 5.74) is 1.34. The molecule has 6 aromatic carbocycles. The van der Waals surface area contributed by atoms with Crippen LogP contribution in [0.15, 0.2) is 227 Å². The molecule has 0 radical (unpaired) electrons. The zero-order valence-electron chi connectivity index (χ0n) is 68.6. The minimum atomic E-state index is -6.27. The third kappa shape index (κ3) is 19.7. The van der Waals surface area contributed by atoms with Gasteiger partial charge in [-0.3, -0.25) is 19.2 Å². The van der Waals surface area contributed by atoms with Gasteiger partial charge in [0.1, 0.15) is 57.5 Å². The first-order valence-electron chi connectivity index (χ1n) is 39.1. The van der Waals surface area contributed by atoms with Crippen molar-refractivity contribution in [1.82, 2.24) is 63.8 Å². The van der Waals surface area contributed by atoms with Gasteiger partial charge in [0.2, 0.25) is 0 Å². The quantitative estimate of drug-likeness (QED) is 0.0169. The predicted octanol–water partition coefficient (Wildman–Crippen LogP) is 11.7. The van der Waals surface area contributed by atoms with Gasteiger partial charge in [-0.15, -0.1) is 18.9 Å². The Morgan fingerprint density at radius 2 is 0.881 bits per heavy atom. The maximum absolute atomic E-state index is 13.6. The van der Waals surface area contributed by atoms with E-state index >= 15 is 0 Å². The SMILES string of the molecule is CCOC(=O)c1c(NCc2ccc3cc[nH]c3c2)c2c(C)ncnc2n(OCc2ccccc2)c1=O.CCOC(=O)c1c(O)c2c(C)ncnc2n(OCc2ccccc2)c1=O.CCOC(=O)c1c(OS(=O)(=O)C(F)(F)F)c2c(C)ncnc2n(OCc2ccccc2)c1=O.Cc1ncnc2c1c(NCc1ccc3c(c1)CC=C3)cc(=O)n2OCc1ccccc1. The number of aromatic amines is 1. The number of alkyl halides is 3. The monoisotopic (exact) mass is 1740 g/mol. The van der Waals surface area contributed by atoms with Crippen molar-refractivity contribution in [3.05, 3.63) is 333 Å². The van der Waals surface area contributed by atoms with Crippen molar-refractivity contribution in [2.45, 2.75) is 99.9 Å². The van der Waals surface area contributed by atoms with E-state index in [4.69, 9.17) is 33.6 Å². The third-order valence-corrected chi connectivity index (χ3v) is 20.3. The summed E-state index contributed by atoms with van der Waals surface area (Å²) in [6.45, 7) is 12.4. The minimum absolute atomic E-state index is 0.0604. The number of rotatable bonds is 26. The Bertz CT molecular complexity index is 6980. The number of nitrogens with zero attached hydrogens (tertiary/aromatic N) is 12. The highest BCUT2D eigenvalue weighted by Crippen LogP contribution is 2.36. The number of hydrogen-bond acceptors (Lipinski definition) is 28. The van der Waals surface area contributed by atoms with Crippen LogP contribution in [0.3, 0.4) is 0 Å². The predicted molar refractivity (Wildman–Crippen MR) is 458 cm³/mol. The summed E-state index contributed by atoms with van der Waals surface area (Å²) in [6, 6.07) is 52.9. The van der Waals surface area contributed by atoms with Gasteiger partial charge in [0.15, 0.2) is 45.0 Å². The van der Waals surface area contributed by atoms with Crippen LogP contribution in [0, 0.1) is 27.7 Å². The van der Waals surface area contributed by atoms with E-state index in [1.807, 2.05) is 128 Å². The molecule has 37 heteroatoms. The van der Waals surface area contributed by atoms with E-state index in [0.717, 1.165) is 72.0 Å². The van der Waals surface area contributed by atoms with Gasteiger partial charge in [0.05, 0.1) is 75.5 Å². The Labute approximate surface area is 714 Å². The first-order chi connectivity index (χ1) is 60.8. The summed E-state index contributed by atoms with van der Waals surface area (Å²) >= 11 is 0. The zero-order valence-corrected chi connectivity index (χ0v) is 69.4. The van der Waals surface area contributed by atoms with Crippen molar-refractivity contribution >= 4 is 101 Å². The second kappa shape index (κ2) is 39.4. The Kier molecular flexibility index (Phi) is 27.6. The number of nitrogens with one attached hydrogen (secondary N) is 3. The molecule has 1 aliphatic carbocycles. The van der Waals surface area contributed by atoms with Gasteiger partial charge in [0.25, 0.3) is 5.56 Å². The second-order valence-corrected chi connectivity index (χ2v) is 29.3. The molecule has 16 rings (SSSR count). The molecule has 33 nitrogen and oxygen atoms in total. The average Bonchev–Trinajstić information content (AvgIpc) is 0.851. The van der Waals surface area contributed by atoms with Crippen molar-refractivity contribution in [2.75, 3.05) is 30.5 Å². The summed E-state index contributed by atoms with van der Waals surface area (Å²) in [5, 5.41) is 19.2. The van der Waals surface area contributed by atoms with Crippen molar-refractivity contribution in [3.8, 4) is 11.5 Å². The molecule has 0 saturated heterocycles. The number of aromatic nitrogens is 13. The molecular formula is C89H80F3N15O18S. The molecule has 9 aromatic heterocycles. The standard InChI is InChI=1S/C27H25N5O4.C25H22N4O2.C19H16F3N3O7S.C18H17N3O5/c1-3-35-27(34)23-24(29-14-19-9-10-20-11-12-28-21(20)13-19)22-17(2)30-16-31-25(22)32(26(23)33)36-15-18-7-5-4-6-8-18;1-17-24-22(26-14-19-10-11-20-8-5-9-21(20)12-19)13-23(30)29(25(24)28-16-27-17)31-15-18-6-3-2-4-7-18;1-3-30-18(27)14-15(32-33(28,29)19(20,21)22)13-11(2)23-10-24-16(13)25(17(14)26)31-9-12-7-5-4-6-8-12;1-3-25-18(24)14-15(22)13-11(2)19-10-20-16(13)21(17(14)23)26-9-12-7-5-4-6-8-12/h4-13,16,28-29H,3,14-15H2,1-2H3;2-8,10-13,16,26H,9,14-15H2,1H3;4-8,10H,3,9H2,1-2H3;4-8,10,22H,3,9H2,1-2H3. The molecule has 0 unspecified atom stereocenters. The molecule has 0 amide bonds. The molecule has 0 saturated carbocycles. The van der Waals surface area contributed by atoms with E-state index in [9.17, 15) is 60.3 Å². The summed E-state index contributed by atoms with van der Waals surface area (Å²) in [5.74, 6) is -4.81. The number of carbonyl (C=O) groups excluding carboxylic acids is 3. The Morgan fingerprint density at radius 3 is 1.39 bits per heavy atom. The van der Waals surface area contributed by atoms with E-state index in [0.29, 0.717) is 57.2 Å². The van der Waals surface area contributed by atoms with Crippen LogP contribution in [0.2, 0.25) is 0 Å². The van der Waals surface area contributed by atoms with Crippen LogP contribution in [-0.2, 0) is 70.3 Å². The second-order valence-electron chi connectivity index (χ2n) is 27.7. The van der Waals surface area contributed by atoms with Crippen LogP contribution in [-0.4, -0.2) is 121 Å². The minimum Gasteiger partial charge on any atom is -0.506 e. The summed E-state index contributed by atoms with van der Waals surface area (Å²) in [6.07, 6.45) is 12.2. The number of hydrogen-bond donors (Lipinski definition) is 4. The number of esters is 3. The van der Waals surface area contributed by atoms with Crippen LogP contribution >= 0.6 is 0 Å². The zero-order chi connectivity index (χ0) is 89.3. The van der Waals surface area contributed by atoms with Gasteiger partial charge in [-0.1, -0.05) is 164 Å². The van der Waals surface area contributed by atoms with Gasteiger partial charge < -0.3 is 58.5 Å². The van der Waals surface area contributed by atoms with E-state index in [2.05, 4.69) is 90.0 Å². The lowest BCUT2D eigenvalue weighted by atomic mass is 10.1. The molecule has 646 valence electrons. The van der Waals surface area contributed by atoms with Crippen LogP contribution in [0.1, 0.15) is 119 Å². The van der Waals surface area contributed by atoms with Gasteiger partial charge in [0, 0.05) is 30.9 Å². The van der Waals surface area contributed by atoms with E-state index in [1.54, 1.807) is 64.1 Å². The van der Waals surface area contributed by atoms with Gasteiger partial charge >= 0.3 is 50.2 Å². The third-order valence-electron chi connectivity index (χ3n) is 19.3. The Morgan fingerprint density at radius 1 is 0.468 bits per heavy atom. The van der Waals surface area contributed by atoms with Gasteiger partial charge in [-0.2, -0.15) is 21.6 Å². The van der Waals surface area contributed by atoms with E-state index in [-0.39, 0.29) is 79.7 Å². The topological polar surface area (TPSA) is 410 Å². The maximum atomic E-state index is 13.6. The summed E-state index contributed by atoms with van der Waals surface area (Å²) in [7, 11) is -6.27. The maximum Gasteiger partial charge on any atom is 0.534 e. The van der Waals surface area contributed by atoms with Crippen LogP contribution in [0.5, 0.6) is 11.5 Å². The van der Waals surface area contributed by atoms with Crippen molar-refractivity contribution in [3.63, 3.8) is 0 Å². The molecule has 9 heterocycles. The number of ether oxygens (including phenoxy) is 3. The number of fused-ring (bicyclic) bond motifs is 6. The Hall–Kier alpha value is -15.7. The molecule has 0 bridgehead atoms. The molecule has 0 spiro atoms. The number of aryl methyl sites for hydroxylation is 4. The highest BCUT2D eigenvalue weighted by Gasteiger charge is 2.50. The fourth-order valence-electron chi connectivity index (χ4n) is 13.3.